The Labute approximate surface area is 103 Å². The molecule has 3 nitrogen and oxygen atoms in total. The van der Waals surface area contributed by atoms with Crippen molar-refractivity contribution in [2.45, 2.75) is 13.2 Å². The molecule has 0 spiro atoms. The molecule has 18 heavy (non-hydrogen) atoms. The van der Waals surface area contributed by atoms with Crippen molar-refractivity contribution in [3.8, 4) is 5.75 Å². The molecule has 1 aromatic carbocycles. The lowest BCUT2D eigenvalue weighted by molar-refractivity contribution is 0.268. The Hall–Kier alpha value is -1.88. The molecule has 0 aliphatic rings. The highest BCUT2D eigenvalue weighted by Gasteiger charge is 2.05. The summed E-state index contributed by atoms with van der Waals surface area (Å²) >= 11 is 0. The molecule has 2 aromatic rings. The molecule has 0 aliphatic carbocycles. The smallest absolute Gasteiger partial charge is 0.162 e. The van der Waals surface area contributed by atoms with Crippen LogP contribution in [0.3, 0.4) is 0 Å². The molecule has 1 aromatic heterocycles. The number of halogens is 2. The van der Waals surface area contributed by atoms with Crippen molar-refractivity contribution in [2.75, 3.05) is 7.05 Å². The Morgan fingerprint density at radius 1 is 1.22 bits per heavy atom. The van der Waals surface area contributed by atoms with Gasteiger partial charge in [-0.05, 0) is 25.2 Å². The Bertz CT molecular complexity index is 525. The maximum Gasteiger partial charge on any atom is 0.162 e. The Kier molecular flexibility index (Phi) is 3.94. The summed E-state index contributed by atoms with van der Waals surface area (Å²) < 4.78 is 36.2. The molecule has 0 aliphatic heterocycles. The summed E-state index contributed by atoms with van der Waals surface area (Å²) in [6, 6.07) is 5.25. The first-order valence-corrected chi connectivity index (χ1v) is 5.48. The third kappa shape index (κ3) is 3.07. The average molecular weight is 253 g/mol. The minimum Gasteiger partial charge on any atom is -0.486 e. The molecule has 96 valence electrons. The van der Waals surface area contributed by atoms with Gasteiger partial charge in [0.15, 0.2) is 11.6 Å². The number of rotatable bonds is 5. The molecular formula is C13H13F2NO2. The van der Waals surface area contributed by atoms with Gasteiger partial charge in [-0.15, -0.1) is 0 Å². The van der Waals surface area contributed by atoms with E-state index in [-0.39, 0.29) is 12.4 Å². The van der Waals surface area contributed by atoms with Crippen molar-refractivity contribution in [3.63, 3.8) is 0 Å². The summed E-state index contributed by atoms with van der Waals surface area (Å²) in [5.41, 5.74) is 1.00. The van der Waals surface area contributed by atoms with Crippen LogP contribution in [-0.4, -0.2) is 7.05 Å². The molecule has 0 fully saturated rings. The van der Waals surface area contributed by atoms with Crippen molar-refractivity contribution >= 4 is 0 Å². The number of furan rings is 1. The van der Waals surface area contributed by atoms with Gasteiger partial charge in [-0.25, -0.2) is 8.78 Å². The quantitative estimate of drug-likeness (QED) is 0.889. The number of ether oxygens (including phenoxy) is 1. The summed E-state index contributed by atoms with van der Waals surface area (Å²) in [4.78, 5) is 0. The minimum absolute atomic E-state index is 0.175. The second kappa shape index (κ2) is 5.64. The van der Waals surface area contributed by atoms with Gasteiger partial charge in [0.05, 0.1) is 6.26 Å². The molecule has 0 radical (unpaired) electrons. The molecule has 0 saturated heterocycles. The van der Waals surface area contributed by atoms with Gasteiger partial charge >= 0.3 is 0 Å². The van der Waals surface area contributed by atoms with E-state index < -0.39 is 11.6 Å². The fourth-order valence-electron chi connectivity index (χ4n) is 1.52. The normalized spacial score (nSPS) is 10.6. The van der Waals surface area contributed by atoms with Crippen LogP contribution >= 0.6 is 0 Å². The minimum atomic E-state index is -0.928. The van der Waals surface area contributed by atoms with Crippen LogP contribution in [0, 0.1) is 11.6 Å². The first-order chi connectivity index (χ1) is 8.69. The summed E-state index contributed by atoms with van der Waals surface area (Å²) in [6.07, 6.45) is 1.63. The van der Waals surface area contributed by atoms with Crippen molar-refractivity contribution in [1.82, 2.24) is 5.32 Å². The first kappa shape index (κ1) is 12.6. The van der Waals surface area contributed by atoms with E-state index in [1.165, 1.54) is 6.07 Å². The van der Waals surface area contributed by atoms with E-state index in [0.717, 1.165) is 17.7 Å². The van der Waals surface area contributed by atoms with Crippen LogP contribution in [0.25, 0.3) is 0 Å². The summed E-state index contributed by atoms with van der Waals surface area (Å²) in [6.45, 7) is 0.878. The highest BCUT2D eigenvalue weighted by Crippen LogP contribution is 2.17. The van der Waals surface area contributed by atoms with E-state index in [9.17, 15) is 8.78 Å². The van der Waals surface area contributed by atoms with Crippen LogP contribution < -0.4 is 10.1 Å². The summed E-state index contributed by atoms with van der Waals surface area (Å²) in [7, 11) is 1.84. The monoisotopic (exact) mass is 253 g/mol. The lowest BCUT2D eigenvalue weighted by Gasteiger charge is -2.04. The molecule has 0 atom stereocenters. The SMILES string of the molecule is CNCc1coc(COc2ccc(F)c(F)c2)c1. The van der Waals surface area contributed by atoms with Crippen molar-refractivity contribution in [3.05, 3.63) is 53.5 Å². The Balaban J connectivity index is 1.95. The second-order valence-corrected chi connectivity index (χ2v) is 3.82. The fourth-order valence-corrected chi connectivity index (χ4v) is 1.52. The van der Waals surface area contributed by atoms with E-state index in [0.29, 0.717) is 12.3 Å². The van der Waals surface area contributed by atoms with Gasteiger partial charge in [0.25, 0.3) is 0 Å². The van der Waals surface area contributed by atoms with Gasteiger partial charge in [0.2, 0.25) is 0 Å². The van der Waals surface area contributed by atoms with Gasteiger partial charge in [-0.3, -0.25) is 0 Å². The standard InChI is InChI=1S/C13H13F2NO2/c1-16-6-9-4-11(17-7-9)8-18-10-2-3-12(14)13(15)5-10/h2-5,7,16H,6,8H2,1H3. The highest BCUT2D eigenvalue weighted by atomic mass is 19.2. The third-order valence-corrected chi connectivity index (χ3v) is 2.36. The van der Waals surface area contributed by atoms with Gasteiger partial charge in [-0.1, -0.05) is 0 Å². The molecule has 5 heteroatoms. The van der Waals surface area contributed by atoms with Gasteiger partial charge in [-0.2, -0.15) is 0 Å². The van der Waals surface area contributed by atoms with Crippen molar-refractivity contribution in [1.29, 1.82) is 0 Å². The predicted octanol–water partition coefficient (Wildman–Crippen LogP) is 2.86. The molecule has 1 N–H and O–H groups in total. The number of nitrogens with one attached hydrogen (secondary N) is 1. The van der Waals surface area contributed by atoms with E-state index in [1.807, 2.05) is 13.1 Å². The van der Waals surface area contributed by atoms with E-state index in [4.69, 9.17) is 9.15 Å². The zero-order valence-electron chi connectivity index (χ0n) is 9.87. The molecule has 1 heterocycles. The highest BCUT2D eigenvalue weighted by molar-refractivity contribution is 5.24. The molecule has 2 rings (SSSR count). The molecule has 0 amide bonds. The Morgan fingerprint density at radius 2 is 2.06 bits per heavy atom. The summed E-state index contributed by atoms with van der Waals surface area (Å²) in [5.74, 6) is -0.926. The molecule has 0 bridgehead atoms. The topological polar surface area (TPSA) is 34.4 Å². The van der Waals surface area contributed by atoms with Gasteiger partial charge in [0, 0.05) is 18.2 Å². The lowest BCUT2D eigenvalue weighted by Crippen LogP contribution is -2.03. The zero-order valence-corrected chi connectivity index (χ0v) is 9.87. The average Bonchev–Trinajstić information content (AvgIpc) is 2.79. The van der Waals surface area contributed by atoms with Crippen molar-refractivity contribution < 1.29 is 17.9 Å². The third-order valence-electron chi connectivity index (χ3n) is 2.36. The van der Waals surface area contributed by atoms with Crippen LogP contribution in [-0.2, 0) is 13.2 Å². The van der Waals surface area contributed by atoms with Crippen LogP contribution in [0.2, 0.25) is 0 Å². The van der Waals surface area contributed by atoms with Crippen LogP contribution in [0.5, 0.6) is 5.75 Å². The maximum atomic E-state index is 12.9. The summed E-state index contributed by atoms with van der Waals surface area (Å²) in [5, 5.41) is 2.99. The number of benzene rings is 1. The Morgan fingerprint density at radius 3 is 2.78 bits per heavy atom. The van der Waals surface area contributed by atoms with Gasteiger partial charge in [0.1, 0.15) is 18.1 Å². The lowest BCUT2D eigenvalue weighted by atomic mass is 10.3. The van der Waals surface area contributed by atoms with E-state index >= 15 is 0 Å². The second-order valence-electron chi connectivity index (χ2n) is 3.82. The van der Waals surface area contributed by atoms with E-state index in [2.05, 4.69) is 5.32 Å². The molecular weight excluding hydrogens is 240 g/mol. The van der Waals surface area contributed by atoms with Crippen LogP contribution in [0.4, 0.5) is 8.78 Å². The molecule has 0 saturated carbocycles. The first-order valence-electron chi connectivity index (χ1n) is 5.48. The van der Waals surface area contributed by atoms with Crippen molar-refractivity contribution in [2.24, 2.45) is 0 Å². The van der Waals surface area contributed by atoms with E-state index in [1.54, 1.807) is 6.26 Å². The van der Waals surface area contributed by atoms with Crippen LogP contribution in [0.15, 0.2) is 34.9 Å². The number of hydrogen-bond donors (Lipinski definition) is 1. The number of hydrogen-bond acceptors (Lipinski definition) is 3. The largest absolute Gasteiger partial charge is 0.486 e. The fraction of sp³-hybridized carbons (Fsp3) is 0.231. The zero-order chi connectivity index (χ0) is 13.0. The van der Waals surface area contributed by atoms with Crippen LogP contribution in [0.1, 0.15) is 11.3 Å². The van der Waals surface area contributed by atoms with Gasteiger partial charge < -0.3 is 14.5 Å². The predicted molar refractivity (Wildman–Crippen MR) is 62.2 cm³/mol. The molecule has 0 unspecified atom stereocenters. The maximum absolute atomic E-state index is 12.9.